The Morgan fingerprint density at radius 2 is 1.94 bits per heavy atom. The van der Waals surface area contributed by atoms with Gasteiger partial charge in [0.2, 0.25) is 10.0 Å². The lowest BCUT2D eigenvalue weighted by molar-refractivity contribution is 0.0732. The molecule has 0 aromatic rings. The number of fused-ring (bicyclic) bond motifs is 3. The van der Waals surface area contributed by atoms with E-state index in [9.17, 15) is 8.42 Å². The molecule has 3 aliphatic rings. The van der Waals surface area contributed by atoms with Gasteiger partial charge in [-0.2, -0.15) is 0 Å². The molecule has 0 spiro atoms. The Bertz CT molecular complexity index is 323. The third kappa shape index (κ3) is 3.41. The van der Waals surface area contributed by atoms with E-state index >= 15 is 0 Å². The summed E-state index contributed by atoms with van der Waals surface area (Å²) in [4.78, 5) is 2.49. The minimum absolute atomic E-state index is 0.488. The summed E-state index contributed by atoms with van der Waals surface area (Å²) in [6.07, 6.45) is 3.77. The molecule has 2 N–H and O–H groups in total. The van der Waals surface area contributed by atoms with Gasteiger partial charge in [0.15, 0.2) is 0 Å². The highest BCUT2D eigenvalue weighted by atomic mass is 32.2. The van der Waals surface area contributed by atoms with Crippen LogP contribution in [0.3, 0.4) is 0 Å². The van der Waals surface area contributed by atoms with Crippen molar-refractivity contribution in [2.75, 3.05) is 39.0 Å². The Kier molecular flexibility index (Phi) is 3.84. The number of hydrogen-bond acceptors (Lipinski definition) is 4. The van der Waals surface area contributed by atoms with Crippen LogP contribution in [0.25, 0.3) is 0 Å². The number of sulfonamides is 1. The fourth-order valence-corrected chi connectivity index (χ4v) is 3.16. The normalized spacial score (nSPS) is 34.2. The van der Waals surface area contributed by atoms with Gasteiger partial charge in [0, 0.05) is 25.7 Å². The number of piperidine rings is 3. The first-order valence-corrected chi connectivity index (χ1v) is 7.84. The second kappa shape index (κ2) is 5.00. The lowest BCUT2D eigenvalue weighted by Gasteiger charge is -2.45. The summed E-state index contributed by atoms with van der Waals surface area (Å²) in [5, 5.41) is 3.46. The topological polar surface area (TPSA) is 61.4 Å². The van der Waals surface area contributed by atoms with E-state index in [4.69, 9.17) is 0 Å². The van der Waals surface area contributed by atoms with Crippen molar-refractivity contribution in [2.24, 2.45) is 5.92 Å². The fourth-order valence-electron chi connectivity index (χ4n) is 2.69. The summed E-state index contributed by atoms with van der Waals surface area (Å²) >= 11 is 0. The molecule has 3 heterocycles. The van der Waals surface area contributed by atoms with Crippen LogP contribution < -0.4 is 10.0 Å². The van der Waals surface area contributed by atoms with Gasteiger partial charge in [0.05, 0.1) is 6.26 Å². The van der Waals surface area contributed by atoms with E-state index in [1.54, 1.807) is 0 Å². The van der Waals surface area contributed by atoms with Crippen LogP contribution in [0.5, 0.6) is 0 Å². The van der Waals surface area contributed by atoms with Gasteiger partial charge in [-0.3, -0.25) is 0 Å². The molecule has 1 unspecified atom stereocenters. The summed E-state index contributed by atoms with van der Waals surface area (Å²) in [7, 11) is -3.04. The van der Waals surface area contributed by atoms with Crippen molar-refractivity contribution >= 4 is 10.0 Å². The van der Waals surface area contributed by atoms with Crippen LogP contribution in [-0.4, -0.2) is 58.3 Å². The van der Waals surface area contributed by atoms with Crippen LogP contribution in [0.2, 0.25) is 0 Å². The van der Waals surface area contributed by atoms with Gasteiger partial charge in [-0.15, -0.1) is 0 Å². The molecule has 94 valence electrons. The molecule has 1 atom stereocenters. The molecule has 0 radical (unpaired) electrons. The fraction of sp³-hybridized carbons (Fsp3) is 1.00. The maximum atomic E-state index is 10.9. The molecule has 3 fully saturated rings. The highest BCUT2D eigenvalue weighted by molar-refractivity contribution is 7.88. The lowest BCUT2D eigenvalue weighted by Crippen LogP contribution is -2.56. The van der Waals surface area contributed by atoms with Crippen molar-refractivity contribution < 1.29 is 8.42 Å². The Labute approximate surface area is 97.6 Å². The zero-order valence-electron chi connectivity index (χ0n) is 9.78. The van der Waals surface area contributed by atoms with Crippen molar-refractivity contribution in [1.82, 2.24) is 14.9 Å². The molecule has 2 bridgehead atoms. The molecule has 0 amide bonds. The number of nitrogens with zero attached hydrogens (tertiary/aromatic N) is 1. The van der Waals surface area contributed by atoms with Gasteiger partial charge in [0.25, 0.3) is 0 Å². The van der Waals surface area contributed by atoms with E-state index in [1.165, 1.54) is 32.2 Å². The molecular formula is C10H21N3O2S. The second-order valence-electron chi connectivity index (χ2n) is 4.87. The number of rotatable bonds is 5. The van der Waals surface area contributed by atoms with Gasteiger partial charge < -0.3 is 10.2 Å². The van der Waals surface area contributed by atoms with Gasteiger partial charge in [-0.1, -0.05) is 0 Å². The molecule has 3 rings (SSSR count). The molecule has 0 aromatic carbocycles. The molecular weight excluding hydrogens is 226 g/mol. The van der Waals surface area contributed by atoms with E-state index in [1.807, 2.05) is 0 Å². The zero-order valence-corrected chi connectivity index (χ0v) is 10.6. The molecule has 6 heteroatoms. The average molecular weight is 247 g/mol. The van der Waals surface area contributed by atoms with Gasteiger partial charge in [0.1, 0.15) is 0 Å². The second-order valence-corrected chi connectivity index (χ2v) is 6.70. The van der Waals surface area contributed by atoms with Crippen molar-refractivity contribution in [3.05, 3.63) is 0 Å². The largest absolute Gasteiger partial charge is 0.311 e. The first-order valence-electron chi connectivity index (χ1n) is 5.95. The van der Waals surface area contributed by atoms with E-state index < -0.39 is 10.0 Å². The highest BCUT2D eigenvalue weighted by Gasteiger charge is 2.33. The summed E-state index contributed by atoms with van der Waals surface area (Å²) in [6, 6.07) is 0.559. The Morgan fingerprint density at radius 3 is 2.44 bits per heavy atom. The van der Waals surface area contributed by atoms with E-state index in [-0.39, 0.29) is 0 Å². The Balaban J connectivity index is 1.67. The lowest BCUT2D eigenvalue weighted by atomic mass is 9.84. The molecule has 16 heavy (non-hydrogen) atoms. The van der Waals surface area contributed by atoms with Crippen molar-refractivity contribution in [2.45, 2.75) is 18.9 Å². The predicted molar refractivity (Wildman–Crippen MR) is 63.8 cm³/mol. The summed E-state index contributed by atoms with van der Waals surface area (Å²) in [5.74, 6) is 0.795. The SMILES string of the molecule is CS(=O)(=O)NCCNC1CN2CCC1CC2. The van der Waals surface area contributed by atoms with Crippen molar-refractivity contribution in [3.8, 4) is 0 Å². The monoisotopic (exact) mass is 247 g/mol. The molecule has 0 aliphatic carbocycles. The van der Waals surface area contributed by atoms with Crippen LogP contribution in [0.1, 0.15) is 12.8 Å². The van der Waals surface area contributed by atoms with Crippen LogP contribution in [0.15, 0.2) is 0 Å². The first-order chi connectivity index (χ1) is 7.54. The van der Waals surface area contributed by atoms with E-state index in [0.29, 0.717) is 12.6 Å². The van der Waals surface area contributed by atoms with Crippen LogP contribution in [0.4, 0.5) is 0 Å². The summed E-state index contributed by atoms with van der Waals surface area (Å²) in [5.41, 5.74) is 0. The maximum Gasteiger partial charge on any atom is 0.208 e. The number of hydrogen-bond donors (Lipinski definition) is 2. The highest BCUT2D eigenvalue weighted by Crippen LogP contribution is 2.27. The minimum atomic E-state index is -3.04. The smallest absolute Gasteiger partial charge is 0.208 e. The Morgan fingerprint density at radius 1 is 1.25 bits per heavy atom. The zero-order chi connectivity index (χ0) is 11.6. The van der Waals surface area contributed by atoms with Gasteiger partial charge in [-0.05, 0) is 31.8 Å². The van der Waals surface area contributed by atoms with E-state index in [2.05, 4.69) is 14.9 Å². The summed E-state index contributed by atoms with van der Waals surface area (Å²) < 4.78 is 24.2. The van der Waals surface area contributed by atoms with Gasteiger partial charge >= 0.3 is 0 Å². The molecule has 3 aliphatic heterocycles. The third-order valence-corrected chi connectivity index (χ3v) is 4.28. The molecule has 0 saturated carbocycles. The maximum absolute atomic E-state index is 10.9. The van der Waals surface area contributed by atoms with Crippen LogP contribution >= 0.6 is 0 Å². The summed E-state index contributed by atoms with van der Waals surface area (Å²) in [6.45, 7) is 4.82. The molecule has 5 nitrogen and oxygen atoms in total. The van der Waals surface area contributed by atoms with Crippen molar-refractivity contribution in [3.63, 3.8) is 0 Å². The molecule has 0 aromatic heterocycles. The van der Waals surface area contributed by atoms with Crippen molar-refractivity contribution in [1.29, 1.82) is 0 Å². The van der Waals surface area contributed by atoms with Crippen LogP contribution in [0, 0.1) is 5.92 Å². The van der Waals surface area contributed by atoms with Gasteiger partial charge in [-0.25, -0.2) is 13.1 Å². The third-order valence-electron chi connectivity index (χ3n) is 3.55. The number of nitrogens with one attached hydrogen (secondary N) is 2. The Hall–Kier alpha value is -0.170. The standard InChI is InChI=1S/C10H21N3O2S/c1-16(14,15)12-5-4-11-10-8-13-6-2-9(10)3-7-13/h9-12H,2-8H2,1H3. The predicted octanol–water partition coefficient (Wildman–Crippen LogP) is -0.781. The first kappa shape index (κ1) is 12.3. The minimum Gasteiger partial charge on any atom is -0.311 e. The van der Waals surface area contributed by atoms with Crippen LogP contribution in [-0.2, 0) is 10.0 Å². The quantitative estimate of drug-likeness (QED) is 0.626. The van der Waals surface area contributed by atoms with E-state index in [0.717, 1.165) is 19.0 Å². The average Bonchev–Trinajstić information content (AvgIpc) is 2.25. The molecule has 3 saturated heterocycles.